The number of hydrogen-bond donors (Lipinski definition) is 1. The summed E-state index contributed by atoms with van der Waals surface area (Å²) in [6, 6.07) is 0.874. The van der Waals surface area contributed by atoms with E-state index >= 15 is 0 Å². The second-order valence-electron chi connectivity index (χ2n) is 5.27. The Hall–Kier alpha value is -0.0400. The van der Waals surface area contributed by atoms with Gasteiger partial charge in [0.25, 0.3) is 0 Å². The minimum atomic E-state index is 0.556. The lowest BCUT2D eigenvalue weighted by molar-refractivity contribution is -0.174. The summed E-state index contributed by atoms with van der Waals surface area (Å²) in [6.07, 6.45) is 1.49. The molecule has 2 bridgehead atoms. The van der Waals surface area contributed by atoms with Gasteiger partial charge in [0.2, 0.25) is 0 Å². The first-order chi connectivity index (χ1) is 5.05. The van der Waals surface area contributed by atoms with E-state index < -0.39 is 0 Å². The van der Waals surface area contributed by atoms with Gasteiger partial charge in [0.1, 0.15) is 0 Å². The van der Waals surface area contributed by atoms with Crippen molar-refractivity contribution < 1.29 is 0 Å². The minimum Gasteiger partial charge on any atom is -0.316 e. The molecule has 1 nitrogen and oxygen atoms in total. The van der Waals surface area contributed by atoms with E-state index in [1.54, 1.807) is 0 Å². The lowest BCUT2D eigenvalue weighted by atomic mass is 9.39. The zero-order valence-corrected chi connectivity index (χ0v) is 8.02. The van der Waals surface area contributed by atoms with E-state index in [9.17, 15) is 0 Å². The third-order valence-corrected chi connectivity index (χ3v) is 3.72. The maximum absolute atomic E-state index is 3.40. The second kappa shape index (κ2) is 2.01. The fourth-order valence-electron chi connectivity index (χ4n) is 3.16. The van der Waals surface area contributed by atoms with Crippen LogP contribution in [0.15, 0.2) is 0 Å². The average molecular weight is 153 g/mol. The third kappa shape index (κ3) is 0.807. The van der Waals surface area contributed by atoms with E-state index in [4.69, 9.17) is 0 Å². The summed E-state index contributed by atoms with van der Waals surface area (Å²) < 4.78 is 0. The van der Waals surface area contributed by atoms with Crippen LogP contribution in [0.3, 0.4) is 0 Å². The van der Waals surface area contributed by atoms with Gasteiger partial charge in [-0.2, -0.15) is 0 Å². The van der Waals surface area contributed by atoms with E-state index in [0.29, 0.717) is 5.41 Å². The van der Waals surface area contributed by atoms with Crippen molar-refractivity contribution in [3.05, 3.63) is 0 Å². The van der Waals surface area contributed by atoms with Gasteiger partial charge < -0.3 is 5.32 Å². The Bertz CT molecular complexity index is 158. The summed E-state index contributed by atoms with van der Waals surface area (Å²) in [5, 5.41) is 3.40. The Morgan fingerprint density at radius 1 is 1.18 bits per heavy atom. The standard InChI is InChI=1S/C10H19N/c1-10(2,3)8-6-5-7(8)9(6)11-4/h6-9,11H,5H2,1-4H3. The van der Waals surface area contributed by atoms with Crippen LogP contribution in [0.4, 0.5) is 0 Å². The number of rotatable bonds is 1. The van der Waals surface area contributed by atoms with E-state index in [2.05, 4.69) is 33.1 Å². The summed E-state index contributed by atoms with van der Waals surface area (Å²) in [6.45, 7) is 7.13. The largest absolute Gasteiger partial charge is 0.316 e. The molecular formula is C10H19N. The first-order valence-corrected chi connectivity index (χ1v) is 4.73. The highest BCUT2D eigenvalue weighted by atomic mass is 15.0. The molecule has 1 heteroatoms. The highest BCUT2D eigenvalue weighted by molar-refractivity contribution is 5.15. The predicted octanol–water partition coefficient (Wildman–Crippen LogP) is 1.89. The molecule has 0 radical (unpaired) electrons. The fraction of sp³-hybridized carbons (Fsp3) is 1.00. The van der Waals surface area contributed by atoms with Crippen molar-refractivity contribution in [3.8, 4) is 0 Å². The van der Waals surface area contributed by atoms with Gasteiger partial charge in [0.15, 0.2) is 0 Å². The number of hydrogen-bond acceptors (Lipinski definition) is 1. The molecule has 1 N–H and O–H groups in total. The molecule has 64 valence electrons. The smallest absolute Gasteiger partial charge is 0.0127 e. The van der Waals surface area contributed by atoms with Gasteiger partial charge in [0, 0.05) is 6.04 Å². The zero-order valence-electron chi connectivity index (χ0n) is 8.02. The molecule has 0 spiro atoms. The molecule has 0 aromatic carbocycles. The molecule has 3 aliphatic rings. The van der Waals surface area contributed by atoms with Gasteiger partial charge in [-0.05, 0) is 36.6 Å². The topological polar surface area (TPSA) is 12.0 Å². The van der Waals surface area contributed by atoms with Crippen LogP contribution in [0.25, 0.3) is 0 Å². The quantitative estimate of drug-likeness (QED) is 0.606. The molecule has 0 heterocycles. The van der Waals surface area contributed by atoms with Crippen LogP contribution < -0.4 is 5.32 Å². The van der Waals surface area contributed by atoms with Gasteiger partial charge in [-0.15, -0.1) is 0 Å². The van der Waals surface area contributed by atoms with Crippen molar-refractivity contribution in [1.82, 2.24) is 5.32 Å². The molecule has 11 heavy (non-hydrogen) atoms. The molecule has 0 aliphatic heterocycles. The van der Waals surface area contributed by atoms with E-state index in [0.717, 1.165) is 23.8 Å². The van der Waals surface area contributed by atoms with Gasteiger partial charge in [-0.25, -0.2) is 0 Å². The highest BCUT2D eigenvalue weighted by Crippen LogP contribution is 2.64. The molecule has 3 rings (SSSR count). The molecule has 0 amide bonds. The monoisotopic (exact) mass is 153 g/mol. The molecule has 2 unspecified atom stereocenters. The lowest BCUT2D eigenvalue weighted by Gasteiger charge is -2.69. The second-order valence-corrected chi connectivity index (χ2v) is 5.27. The molecule has 0 aromatic rings. The molecule has 0 aromatic heterocycles. The first kappa shape index (κ1) is 7.60. The molecular weight excluding hydrogens is 134 g/mol. The molecule has 3 aliphatic carbocycles. The van der Waals surface area contributed by atoms with Crippen molar-refractivity contribution in [2.45, 2.75) is 33.2 Å². The molecule has 3 saturated carbocycles. The van der Waals surface area contributed by atoms with Crippen LogP contribution in [-0.2, 0) is 0 Å². The molecule has 0 saturated heterocycles. The average Bonchev–Trinajstić information content (AvgIpc) is 1.51. The van der Waals surface area contributed by atoms with Crippen LogP contribution in [-0.4, -0.2) is 13.1 Å². The predicted molar refractivity (Wildman–Crippen MR) is 47.4 cm³/mol. The SMILES string of the molecule is CNC1C2CC1C2C(C)(C)C. The zero-order chi connectivity index (χ0) is 8.22. The maximum Gasteiger partial charge on any atom is 0.0127 e. The summed E-state index contributed by atoms with van der Waals surface area (Å²) >= 11 is 0. The van der Waals surface area contributed by atoms with E-state index in [1.807, 2.05) is 0 Å². The normalized spacial score (nSPS) is 48.0. The lowest BCUT2D eigenvalue weighted by Crippen LogP contribution is -2.71. The van der Waals surface area contributed by atoms with Gasteiger partial charge in [-0.3, -0.25) is 0 Å². The Labute approximate surface area is 69.6 Å². The van der Waals surface area contributed by atoms with E-state index in [-0.39, 0.29) is 0 Å². The summed E-state index contributed by atoms with van der Waals surface area (Å²) in [5.41, 5.74) is 0.556. The van der Waals surface area contributed by atoms with Gasteiger partial charge in [-0.1, -0.05) is 20.8 Å². The van der Waals surface area contributed by atoms with Crippen molar-refractivity contribution in [1.29, 1.82) is 0 Å². The van der Waals surface area contributed by atoms with Crippen molar-refractivity contribution in [2.24, 2.45) is 23.2 Å². The summed E-state index contributed by atoms with van der Waals surface area (Å²) in [7, 11) is 2.10. The summed E-state index contributed by atoms with van der Waals surface area (Å²) in [5.74, 6) is 3.02. The fourth-order valence-corrected chi connectivity index (χ4v) is 3.16. The van der Waals surface area contributed by atoms with Gasteiger partial charge in [0.05, 0.1) is 0 Å². The van der Waals surface area contributed by atoms with Crippen molar-refractivity contribution >= 4 is 0 Å². The van der Waals surface area contributed by atoms with Crippen LogP contribution in [0.1, 0.15) is 27.2 Å². The van der Waals surface area contributed by atoms with E-state index in [1.165, 1.54) is 6.42 Å². The Kier molecular flexibility index (Phi) is 1.39. The highest BCUT2D eigenvalue weighted by Gasteiger charge is 2.63. The number of nitrogens with one attached hydrogen (secondary N) is 1. The molecule has 2 atom stereocenters. The van der Waals surface area contributed by atoms with Crippen molar-refractivity contribution in [3.63, 3.8) is 0 Å². The first-order valence-electron chi connectivity index (χ1n) is 4.73. The Morgan fingerprint density at radius 3 is 2.00 bits per heavy atom. The van der Waals surface area contributed by atoms with Crippen LogP contribution in [0, 0.1) is 23.2 Å². The third-order valence-electron chi connectivity index (χ3n) is 3.72. The van der Waals surface area contributed by atoms with Gasteiger partial charge >= 0.3 is 0 Å². The molecule has 3 fully saturated rings. The van der Waals surface area contributed by atoms with Crippen molar-refractivity contribution in [2.75, 3.05) is 7.05 Å². The Morgan fingerprint density at radius 2 is 1.73 bits per heavy atom. The van der Waals surface area contributed by atoms with Crippen LogP contribution in [0.2, 0.25) is 0 Å². The Balaban J connectivity index is 1.97. The summed E-state index contributed by atoms with van der Waals surface area (Å²) in [4.78, 5) is 0. The maximum atomic E-state index is 3.40. The van der Waals surface area contributed by atoms with Crippen LogP contribution in [0.5, 0.6) is 0 Å². The minimum absolute atomic E-state index is 0.556. The van der Waals surface area contributed by atoms with Crippen LogP contribution >= 0.6 is 0 Å².